The van der Waals surface area contributed by atoms with Gasteiger partial charge in [-0.1, -0.05) is 54.1 Å². The Bertz CT molecular complexity index is 1060. The summed E-state index contributed by atoms with van der Waals surface area (Å²) in [5.41, 5.74) is 6.63. The molecule has 0 aliphatic rings. The van der Waals surface area contributed by atoms with Crippen molar-refractivity contribution in [2.45, 2.75) is 6.42 Å². The van der Waals surface area contributed by atoms with Crippen molar-refractivity contribution >= 4 is 44.3 Å². The van der Waals surface area contributed by atoms with Crippen LogP contribution in [0.5, 0.6) is 0 Å². The number of halogens is 1. The summed E-state index contributed by atoms with van der Waals surface area (Å²) >= 11 is 7.55. The molecule has 0 radical (unpaired) electrons. The number of hydrogen-bond acceptors (Lipinski definition) is 6. The van der Waals surface area contributed by atoms with Gasteiger partial charge in [-0.2, -0.15) is 5.10 Å². The Morgan fingerprint density at radius 1 is 1.18 bits per heavy atom. The highest BCUT2D eigenvalue weighted by Crippen LogP contribution is 2.25. The van der Waals surface area contributed by atoms with E-state index in [4.69, 9.17) is 11.6 Å². The number of aromatic nitrogens is 1. The number of nitrogens with one attached hydrogen (secondary N) is 2. The molecule has 1 aromatic heterocycles. The van der Waals surface area contributed by atoms with Crippen molar-refractivity contribution in [2.75, 3.05) is 18.2 Å². The van der Waals surface area contributed by atoms with Crippen molar-refractivity contribution < 1.29 is 8.42 Å². The zero-order valence-electron chi connectivity index (χ0n) is 15.1. The molecule has 3 rings (SSSR count). The highest BCUT2D eigenvalue weighted by atomic mass is 35.5. The summed E-state index contributed by atoms with van der Waals surface area (Å²) in [4.78, 5) is 4.53. The second-order valence-electron chi connectivity index (χ2n) is 6.04. The fourth-order valence-electron chi connectivity index (χ4n) is 2.42. The number of anilines is 1. The largest absolute Gasteiger partial charge is 0.253 e. The normalized spacial score (nSPS) is 11.8. The SMILES string of the molecule is CS(=O)(=O)NCCc1ccc(-c2csc(NN=Cc3ccccc3Cl)n2)cc1. The summed E-state index contributed by atoms with van der Waals surface area (Å²) in [6, 6.07) is 15.4. The van der Waals surface area contributed by atoms with Crippen LogP contribution < -0.4 is 10.1 Å². The molecule has 1 heterocycles. The standard InChI is InChI=1S/C19H19ClN4O2S2/c1-28(25,26)22-11-10-14-6-8-15(9-7-14)18-13-27-19(23-18)24-21-12-16-4-2-3-5-17(16)20/h2-9,12-13,22H,10-11H2,1H3,(H,23,24). The maximum Gasteiger partial charge on any atom is 0.208 e. The van der Waals surface area contributed by atoms with E-state index in [9.17, 15) is 8.42 Å². The Labute approximate surface area is 173 Å². The third-order valence-electron chi connectivity index (χ3n) is 3.80. The van der Waals surface area contributed by atoms with Crippen LogP contribution in [0.15, 0.2) is 59.0 Å². The molecule has 0 saturated carbocycles. The molecule has 0 aliphatic carbocycles. The van der Waals surface area contributed by atoms with Crippen LogP contribution in [-0.2, 0) is 16.4 Å². The van der Waals surface area contributed by atoms with Crippen LogP contribution in [0.1, 0.15) is 11.1 Å². The zero-order chi connectivity index (χ0) is 20.0. The lowest BCUT2D eigenvalue weighted by Gasteiger charge is -2.04. The van der Waals surface area contributed by atoms with E-state index < -0.39 is 10.0 Å². The first-order valence-electron chi connectivity index (χ1n) is 8.44. The molecular formula is C19H19ClN4O2S2. The minimum atomic E-state index is -3.16. The zero-order valence-corrected chi connectivity index (χ0v) is 17.5. The van der Waals surface area contributed by atoms with Crippen molar-refractivity contribution in [3.8, 4) is 11.3 Å². The molecule has 0 unspecified atom stereocenters. The fraction of sp³-hybridized carbons (Fsp3) is 0.158. The van der Waals surface area contributed by atoms with Crippen LogP contribution in [0.3, 0.4) is 0 Å². The fourth-order valence-corrected chi connectivity index (χ4v) is 3.74. The monoisotopic (exact) mass is 434 g/mol. The van der Waals surface area contributed by atoms with Gasteiger partial charge in [0.2, 0.25) is 15.2 Å². The van der Waals surface area contributed by atoms with Gasteiger partial charge in [0.05, 0.1) is 18.2 Å². The van der Waals surface area contributed by atoms with Gasteiger partial charge in [-0.3, -0.25) is 5.43 Å². The van der Waals surface area contributed by atoms with Crippen molar-refractivity contribution in [3.63, 3.8) is 0 Å². The third kappa shape index (κ3) is 6.13. The Balaban J connectivity index is 1.58. The van der Waals surface area contributed by atoms with Crippen LogP contribution in [0, 0.1) is 0 Å². The molecular weight excluding hydrogens is 416 g/mol. The maximum atomic E-state index is 11.1. The summed E-state index contributed by atoms with van der Waals surface area (Å²) in [5, 5.41) is 7.45. The molecule has 0 spiro atoms. The minimum absolute atomic E-state index is 0.381. The summed E-state index contributed by atoms with van der Waals surface area (Å²) in [6.45, 7) is 0.381. The molecule has 2 aromatic carbocycles. The number of hydrogen-bond donors (Lipinski definition) is 2. The number of benzene rings is 2. The summed E-state index contributed by atoms with van der Waals surface area (Å²) in [5.74, 6) is 0. The van der Waals surface area contributed by atoms with Crippen molar-refractivity contribution in [1.82, 2.24) is 9.71 Å². The van der Waals surface area contributed by atoms with Gasteiger partial charge in [0.25, 0.3) is 0 Å². The van der Waals surface area contributed by atoms with Gasteiger partial charge >= 0.3 is 0 Å². The number of hydrazone groups is 1. The van der Waals surface area contributed by atoms with E-state index in [1.807, 2.05) is 53.9 Å². The number of thiazole rings is 1. The first-order valence-corrected chi connectivity index (χ1v) is 11.6. The molecule has 0 amide bonds. The number of rotatable bonds is 8. The van der Waals surface area contributed by atoms with E-state index in [0.717, 1.165) is 28.6 Å². The Morgan fingerprint density at radius 3 is 2.64 bits per heavy atom. The van der Waals surface area contributed by atoms with E-state index in [-0.39, 0.29) is 0 Å². The second-order valence-corrected chi connectivity index (χ2v) is 9.14. The van der Waals surface area contributed by atoms with Gasteiger partial charge in [-0.15, -0.1) is 11.3 Å². The van der Waals surface area contributed by atoms with E-state index in [1.165, 1.54) is 11.3 Å². The highest BCUT2D eigenvalue weighted by molar-refractivity contribution is 7.88. The smallest absolute Gasteiger partial charge is 0.208 e. The van der Waals surface area contributed by atoms with Gasteiger partial charge in [-0.25, -0.2) is 18.1 Å². The van der Waals surface area contributed by atoms with Crippen LogP contribution >= 0.6 is 22.9 Å². The second kappa shape index (κ2) is 9.29. The first kappa shape index (κ1) is 20.5. The average molecular weight is 435 g/mol. The Morgan fingerprint density at radius 2 is 1.93 bits per heavy atom. The van der Waals surface area contributed by atoms with Crippen LogP contribution in [0.4, 0.5) is 5.13 Å². The molecule has 28 heavy (non-hydrogen) atoms. The molecule has 0 aliphatic heterocycles. The van der Waals surface area contributed by atoms with Gasteiger partial charge in [0.15, 0.2) is 0 Å². The molecule has 0 atom stereocenters. The van der Waals surface area contributed by atoms with E-state index in [1.54, 1.807) is 6.21 Å². The molecule has 6 nitrogen and oxygen atoms in total. The predicted molar refractivity (Wildman–Crippen MR) is 117 cm³/mol. The van der Waals surface area contributed by atoms with Crippen LogP contribution in [0.25, 0.3) is 11.3 Å². The summed E-state index contributed by atoms with van der Waals surface area (Å²) < 4.78 is 24.7. The number of sulfonamides is 1. The van der Waals surface area contributed by atoms with Crippen molar-refractivity contribution in [2.24, 2.45) is 5.10 Å². The first-order chi connectivity index (χ1) is 13.4. The maximum absolute atomic E-state index is 11.1. The van der Waals surface area contributed by atoms with Crippen molar-refractivity contribution in [3.05, 3.63) is 70.1 Å². The molecule has 0 saturated heterocycles. The Kier molecular flexibility index (Phi) is 6.79. The molecule has 3 aromatic rings. The minimum Gasteiger partial charge on any atom is -0.253 e. The summed E-state index contributed by atoms with van der Waals surface area (Å²) in [6.07, 6.45) is 3.44. The quantitative estimate of drug-likeness (QED) is 0.414. The van der Waals surface area contributed by atoms with Crippen molar-refractivity contribution in [1.29, 1.82) is 0 Å². The van der Waals surface area contributed by atoms with E-state index in [0.29, 0.717) is 23.1 Å². The lowest BCUT2D eigenvalue weighted by atomic mass is 10.1. The number of nitrogens with zero attached hydrogens (tertiary/aromatic N) is 2. The van der Waals surface area contributed by atoms with E-state index >= 15 is 0 Å². The topological polar surface area (TPSA) is 83.5 Å². The average Bonchev–Trinajstić information content (AvgIpc) is 3.12. The molecule has 9 heteroatoms. The lowest BCUT2D eigenvalue weighted by Crippen LogP contribution is -2.24. The lowest BCUT2D eigenvalue weighted by molar-refractivity contribution is 0.588. The summed E-state index contributed by atoms with van der Waals surface area (Å²) in [7, 11) is -3.16. The molecule has 2 N–H and O–H groups in total. The van der Waals surface area contributed by atoms with Gasteiger partial charge < -0.3 is 0 Å². The molecule has 0 fully saturated rings. The third-order valence-corrected chi connectivity index (χ3v) is 5.62. The van der Waals surface area contributed by atoms with Gasteiger partial charge in [-0.05, 0) is 18.1 Å². The molecule has 146 valence electrons. The predicted octanol–water partition coefficient (Wildman–Crippen LogP) is 4.00. The van der Waals surface area contributed by atoms with Gasteiger partial charge in [0.1, 0.15) is 0 Å². The van der Waals surface area contributed by atoms with Crippen LogP contribution in [0.2, 0.25) is 5.02 Å². The highest BCUT2D eigenvalue weighted by Gasteiger charge is 2.05. The van der Waals surface area contributed by atoms with E-state index in [2.05, 4.69) is 20.2 Å². The van der Waals surface area contributed by atoms with Gasteiger partial charge in [0, 0.05) is 28.1 Å². The Hall–Kier alpha value is -2.26. The molecule has 0 bridgehead atoms. The van der Waals surface area contributed by atoms with Crippen LogP contribution in [-0.4, -0.2) is 32.4 Å².